The normalized spacial score (nSPS) is 12.7. The SMILES string of the molecule is CCCc1c(COCC)c(COCC)c(CCC)c2c1Cc1c(c(CCC)c3ccccc3c1CCC)C2. The fraction of sp³-hybridized carbons (Fsp3) is 0.556. The molecule has 4 rings (SSSR count). The lowest BCUT2D eigenvalue weighted by atomic mass is 9.72. The zero-order valence-electron chi connectivity index (χ0n) is 25.0. The Morgan fingerprint density at radius 2 is 0.816 bits per heavy atom. The second-order valence-corrected chi connectivity index (χ2v) is 11.0. The van der Waals surface area contributed by atoms with Crippen molar-refractivity contribution < 1.29 is 9.47 Å². The number of rotatable bonds is 14. The van der Waals surface area contributed by atoms with E-state index >= 15 is 0 Å². The first-order chi connectivity index (χ1) is 18.6. The minimum atomic E-state index is 0.700. The predicted octanol–water partition coefficient (Wildman–Crippen LogP) is 9.22. The summed E-state index contributed by atoms with van der Waals surface area (Å²) in [7, 11) is 0. The summed E-state index contributed by atoms with van der Waals surface area (Å²) in [5, 5.41) is 2.99. The Labute approximate surface area is 232 Å². The molecular weight excluding hydrogens is 464 g/mol. The topological polar surface area (TPSA) is 18.5 Å². The number of aryl methyl sites for hydroxylation is 2. The van der Waals surface area contributed by atoms with Crippen LogP contribution in [-0.2, 0) is 61.2 Å². The van der Waals surface area contributed by atoms with E-state index in [1.54, 1.807) is 44.5 Å². The Kier molecular flexibility index (Phi) is 10.4. The highest BCUT2D eigenvalue weighted by Crippen LogP contribution is 2.43. The van der Waals surface area contributed by atoms with Crippen LogP contribution in [-0.4, -0.2) is 13.2 Å². The van der Waals surface area contributed by atoms with Crippen molar-refractivity contribution in [2.24, 2.45) is 0 Å². The first kappa shape index (κ1) is 28.8. The molecule has 0 unspecified atom stereocenters. The zero-order valence-corrected chi connectivity index (χ0v) is 25.0. The molecule has 206 valence electrons. The van der Waals surface area contributed by atoms with Crippen LogP contribution in [0.15, 0.2) is 24.3 Å². The fourth-order valence-electron chi connectivity index (χ4n) is 6.93. The Morgan fingerprint density at radius 3 is 1.16 bits per heavy atom. The molecule has 0 bridgehead atoms. The van der Waals surface area contributed by atoms with Crippen molar-refractivity contribution in [3.8, 4) is 0 Å². The third kappa shape index (κ3) is 5.58. The Bertz CT molecular complexity index is 1140. The molecule has 2 nitrogen and oxygen atoms in total. The lowest BCUT2D eigenvalue weighted by molar-refractivity contribution is 0.118. The zero-order chi connectivity index (χ0) is 27.1. The summed E-state index contributed by atoms with van der Waals surface area (Å²) in [5.41, 5.74) is 15.7. The summed E-state index contributed by atoms with van der Waals surface area (Å²) in [5.74, 6) is 0. The van der Waals surface area contributed by atoms with Gasteiger partial charge in [-0.05, 0) is 119 Å². The van der Waals surface area contributed by atoms with Gasteiger partial charge in [-0.1, -0.05) is 77.6 Å². The van der Waals surface area contributed by atoms with Crippen molar-refractivity contribution in [3.63, 3.8) is 0 Å². The molecule has 0 aliphatic heterocycles. The number of fused-ring (bicyclic) bond motifs is 3. The average molecular weight is 515 g/mol. The lowest BCUT2D eigenvalue weighted by Crippen LogP contribution is -2.21. The van der Waals surface area contributed by atoms with Gasteiger partial charge in [0.2, 0.25) is 0 Å². The average Bonchev–Trinajstić information content (AvgIpc) is 2.94. The highest BCUT2D eigenvalue weighted by molar-refractivity contribution is 5.92. The van der Waals surface area contributed by atoms with Gasteiger partial charge in [-0.2, -0.15) is 0 Å². The van der Waals surface area contributed by atoms with E-state index in [4.69, 9.17) is 9.47 Å². The van der Waals surface area contributed by atoms with E-state index in [-0.39, 0.29) is 0 Å². The first-order valence-corrected chi connectivity index (χ1v) is 15.5. The number of hydrogen-bond acceptors (Lipinski definition) is 2. The quantitative estimate of drug-likeness (QED) is 0.167. The summed E-state index contributed by atoms with van der Waals surface area (Å²) in [6.45, 7) is 16.4. The number of ether oxygens (including phenoxy) is 2. The number of hydrogen-bond donors (Lipinski definition) is 0. The maximum Gasteiger partial charge on any atom is 0.0723 e. The minimum absolute atomic E-state index is 0.700. The molecule has 0 N–H and O–H groups in total. The van der Waals surface area contributed by atoms with Crippen LogP contribution in [0.5, 0.6) is 0 Å². The Morgan fingerprint density at radius 1 is 0.474 bits per heavy atom. The lowest BCUT2D eigenvalue weighted by Gasteiger charge is -2.33. The van der Waals surface area contributed by atoms with Crippen LogP contribution in [0.25, 0.3) is 10.8 Å². The molecule has 0 aromatic heterocycles. The van der Waals surface area contributed by atoms with Gasteiger partial charge in [0.15, 0.2) is 0 Å². The molecule has 0 amide bonds. The predicted molar refractivity (Wildman–Crippen MR) is 163 cm³/mol. The second-order valence-electron chi connectivity index (χ2n) is 11.0. The van der Waals surface area contributed by atoms with Gasteiger partial charge in [0.1, 0.15) is 0 Å². The van der Waals surface area contributed by atoms with E-state index in [1.165, 1.54) is 34.7 Å². The maximum absolute atomic E-state index is 6.14. The van der Waals surface area contributed by atoms with Crippen molar-refractivity contribution in [1.82, 2.24) is 0 Å². The molecule has 0 saturated carbocycles. The largest absolute Gasteiger partial charge is 0.377 e. The third-order valence-electron chi connectivity index (χ3n) is 8.46. The van der Waals surface area contributed by atoms with E-state index < -0.39 is 0 Å². The van der Waals surface area contributed by atoms with Gasteiger partial charge in [-0.25, -0.2) is 0 Å². The maximum atomic E-state index is 6.14. The molecule has 2 heteroatoms. The highest BCUT2D eigenvalue weighted by atomic mass is 16.5. The van der Waals surface area contributed by atoms with Crippen LogP contribution < -0.4 is 0 Å². The molecule has 0 atom stereocenters. The molecule has 0 fully saturated rings. The summed E-state index contributed by atoms with van der Waals surface area (Å²) >= 11 is 0. The summed E-state index contributed by atoms with van der Waals surface area (Å²) < 4.78 is 12.3. The molecule has 3 aromatic carbocycles. The third-order valence-corrected chi connectivity index (χ3v) is 8.46. The van der Waals surface area contributed by atoms with E-state index in [0.717, 1.165) is 64.6 Å². The minimum Gasteiger partial charge on any atom is -0.377 e. The summed E-state index contributed by atoms with van der Waals surface area (Å²) in [6, 6.07) is 9.25. The van der Waals surface area contributed by atoms with E-state index in [9.17, 15) is 0 Å². The van der Waals surface area contributed by atoms with Gasteiger partial charge in [0.25, 0.3) is 0 Å². The second kappa shape index (κ2) is 13.8. The molecule has 3 aromatic rings. The van der Waals surface area contributed by atoms with Crippen LogP contribution >= 0.6 is 0 Å². The molecule has 0 heterocycles. The Hall–Kier alpha value is -2.16. The molecule has 0 radical (unpaired) electrons. The van der Waals surface area contributed by atoms with E-state index in [0.29, 0.717) is 13.2 Å². The van der Waals surface area contributed by atoms with Crippen LogP contribution in [0.3, 0.4) is 0 Å². The molecule has 1 aliphatic carbocycles. The fourth-order valence-corrected chi connectivity index (χ4v) is 6.93. The highest BCUT2D eigenvalue weighted by Gasteiger charge is 2.30. The summed E-state index contributed by atoms with van der Waals surface area (Å²) in [4.78, 5) is 0. The van der Waals surface area contributed by atoms with Gasteiger partial charge < -0.3 is 9.47 Å². The van der Waals surface area contributed by atoms with Crippen molar-refractivity contribution in [3.05, 3.63) is 79.9 Å². The van der Waals surface area contributed by atoms with Gasteiger partial charge >= 0.3 is 0 Å². The van der Waals surface area contributed by atoms with E-state index in [1.807, 2.05) is 0 Å². The molecule has 0 saturated heterocycles. The standard InChI is InChI=1S/C36H50O2/c1-7-15-25-29-19-13-14-20-30(29)26(16-8-2)32-22-34-28(18-10-4)36(24-38-12-6)35(23-37-11-5)27(17-9-3)33(34)21-31(25)32/h13-14,19-20H,7-12,15-18,21-24H2,1-6H3. The molecular formula is C36H50O2. The van der Waals surface area contributed by atoms with Crippen LogP contribution in [0.1, 0.15) is 123 Å². The molecule has 38 heavy (non-hydrogen) atoms. The number of benzene rings is 3. The molecule has 1 aliphatic rings. The van der Waals surface area contributed by atoms with Crippen molar-refractivity contribution in [1.29, 1.82) is 0 Å². The van der Waals surface area contributed by atoms with Crippen LogP contribution in [0.2, 0.25) is 0 Å². The monoisotopic (exact) mass is 514 g/mol. The van der Waals surface area contributed by atoms with E-state index in [2.05, 4.69) is 65.8 Å². The van der Waals surface area contributed by atoms with Gasteiger partial charge in [0, 0.05) is 13.2 Å². The van der Waals surface area contributed by atoms with Crippen molar-refractivity contribution >= 4 is 10.8 Å². The summed E-state index contributed by atoms with van der Waals surface area (Å²) in [6.07, 6.45) is 11.4. The van der Waals surface area contributed by atoms with Gasteiger partial charge in [-0.15, -0.1) is 0 Å². The van der Waals surface area contributed by atoms with Crippen molar-refractivity contribution in [2.75, 3.05) is 13.2 Å². The van der Waals surface area contributed by atoms with Crippen LogP contribution in [0.4, 0.5) is 0 Å². The Balaban J connectivity index is 2.05. The van der Waals surface area contributed by atoms with Gasteiger partial charge in [-0.3, -0.25) is 0 Å². The van der Waals surface area contributed by atoms with Gasteiger partial charge in [0.05, 0.1) is 13.2 Å². The smallest absolute Gasteiger partial charge is 0.0723 e. The van der Waals surface area contributed by atoms with Crippen molar-refractivity contribution in [2.45, 2.75) is 119 Å². The first-order valence-electron chi connectivity index (χ1n) is 15.5. The molecule has 0 spiro atoms. The van der Waals surface area contributed by atoms with Crippen LogP contribution in [0, 0.1) is 0 Å².